The van der Waals surface area contributed by atoms with E-state index >= 15 is 0 Å². The molecule has 1 N–H and O–H groups in total. The maximum atomic E-state index is 12.7. The highest BCUT2D eigenvalue weighted by Crippen LogP contribution is 2.29. The Labute approximate surface area is 190 Å². The molecule has 2 aromatic heterocycles. The summed E-state index contributed by atoms with van der Waals surface area (Å²) in [5.41, 5.74) is 3.42. The molecule has 3 aromatic rings. The molecule has 0 aliphatic rings. The predicted octanol–water partition coefficient (Wildman–Crippen LogP) is 4.50. The van der Waals surface area contributed by atoms with Crippen molar-refractivity contribution in [2.24, 2.45) is 0 Å². The number of nitrogens with zero attached hydrogens (tertiary/aromatic N) is 4. The van der Waals surface area contributed by atoms with Gasteiger partial charge in [0.15, 0.2) is 11.5 Å². The minimum Gasteiger partial charge on any atom is -0.490 e. The fourth-order valence-electron chi connectivity index (χ4n) is 3.27. The van der Waals surface area contributed by atoms with Gasteiger partial charge in [-0.05, 0) is 68.2 Å². The molecule has 0 aliphatic carbocycles. The summed E-state index contributed by atoms with van der Waals surface area (Å²) in [5.74, 6) is 1.29. The van der Waals surface area contributed by atoms with Gasteiger partial charge in [-0.3, -0.25) is 14.2 Å². The maximum Gasteiger partial charge on any atom is 0.249 e. The molecule has 0 saturated heterocycles. The van der Waals surface area contributed by atoms with Crippen LogP contribution in [0.5, 0.6) is 11.5 Å². The third kappa shape index (κ3) is 5.28. The highest BCUT2D eigenvalue weighted by molar-refractivity contribution is 9.10. The second kappa shape index (κ2) is 10.00. The molecule has 31 heavy (non-hydrogen) atoms. The van der Waals surface area contributed by atoms with Gasteiger partial charge in [0.05, 0.1) is 47.5 Å². The lowest BCUT2D eigenvalue weighted by Gasteiger charge is -2.13. The molecular formula is C22H28BrN5O3. The summed E-state index contributed by atoms with van der Waals surface area (Å²) < 4.78 is 15.7. The molecule has 1 unspecified atom stereocenters. The number of carbonyl (C=O) groups is 1. The van der Waals surface area contributed by atoms with E-state index in [0.717, 1.165) is 27.2 Å². The van der Waals surface area contributed by atoms with Gasteiger partial charge in [0.25, 0.3) is 0 Å². The van der Waals surface area contributed by atoms with E-state index in [4.69, 9.17) is 9.47 Å². The number of benzene rings is 1. The molecule has 0 aliphatic heterocycles. The van der Waals surface area contributed by atoms with Gasteiger partial charge in [-0.2, -0.15) is 10.2 Å². The molecule has 0 fully saturated rings. The van der Waals surface area contributed by atoms with Crippen LogP contribution in [0.25, 0.3) is 0 Å². The van der Waals surface area contributed by atoms with Crippen LogP contribution in [-0.2, 0) is 11.3 Å². The van der Waals surface area contributed by atoms with Gasteiger partial charge in [-0.15, -0.1) is 0 Å². The van der Waals surface area contributed by atoms with Crippen LogP contribution in [0.4, 0.5) is 5.69 Å². The zero-order valence-corrected chi connectivity index (χ0v) is 20.1. The van der Waals surface area contributed by atoms with Crippen molar-refractivity contribution in [3.63, 3.8) is 0 Å². The Balaban J connectivity index is 1.68. The summed E-state index contributed by atoms with van der Waals surface area (Å²) in [6.07, 6.45) is 3.44. The van der Waals surface area contributed by atoms with E-state index < -0.39 is 6.04 Å². The summed E-state index contributed by atoms with van der Waals surface area (Å²) in [7, 11) is 0. The fourth-order valence-corrected chi connectivity index (χ4v) is 3.53. The average molecular weight is 490 g/mol. The molecular weight excluding hydrogens is 462 g/mol. The van der Waals surface area contributed by atoms with E-state index in [1.807, 2.05) is 52.8 Å². The Morgan fingerprint density at radius 2 is 1.90 bits per heavy atom. The molecule has 0 radical (unpaired) electrons. The number of amides is 1. The fraction of sp³-hybridized carbons (Fsp3) is 0.409. The van der Waals surface area contributed by atoms with E-state index in [9.17, 15) is 4.79 Å². The highest BCUT2D eigenvalue weighted by atomic mass is 79.9. The third-order valence-electron chi connectivity index (χ3n) is 4.84. The van der Waals surface area contributed by atoms with E-state index in [1.165, 1.54) is 0 Å². The molecule has 0 saturated carbocycles. The quantitative estimate of drug-likeness (QED) is 0.478. The Hall–Kier alpha value is -2.81. The molecule has 3 rings (SSSR count). The largest absolute Gasteiger partial charge is 0.490 e. The number of anilines is 1. The van der Waals surface area contributed by atoms with Crippen LogP contribution in [0.3, 0.4) is 0 Å². The number of ether oxygens (including phenoxy) is 2. The number of hydrogen-bond donors (Lipinski definition) is 1. The minimum absolute atomic E-state index is 0.155. The van der Waals surface area contributed by atoms with Crippen molar-refractivity contribution in [3.8, 4) is 11.5 Å². The normalized spacial score (nSPS) is 11.9. The standard InChI is InChI=1S/C22H28BrN5O3/c1-6-30-19-9-8-17(10-20(19)31-7-2)12-27-13-18(11-24-27)25-22(29)16(5)28-15(4)21(23)14(3)26-28/h8-11,13,16H,6-7,12H2,1-5H3,(H,25,29). The number of halogens is 1. The summed E-state index contributed by atoms with van der Waals surface area (Å²) in [5, 5.41) is 11.7. The molecule has 166 valence electrons. The first kappa shape index (κ1) is 22.9. The van der Waals surface area contributed by atoms with Gasteiger partial charge in [-0.25, -0.2) is 0 Å². The van der Waals surface area contributed by atoms with Crippen molar-refractivity contribution >= 4 is 27.5 Å². The number of nitrogens with one attached hydrogen (secondary N) is 1. The minimum atomic E-state index is -0.451. The molecule has 0 bridgehead atoms. The monoisotopic (exact) mass is 489 g/mol. The van der Waals surface area contributed by atoms with Crippen LogP contribution >= 0.6 is 15.9 Å². The third-order valence-corrected chi connectivity index (χ3v) is 5.98. The zero-order valence-electron chi connectivity index (χ0n) is 18.5. The summed E-state index contributed by atoms with van der Waals surface area (Å²) in [6, 6.07) is 5.39. The second-order valence-electron chi connectivity index (χ2n) is 7.17. The van der Waals surface area contributed by atoms with E-state index in [0.29, 0.717) is 31.2 Å². The lowest BCUT2D eigenvalue weighted by atomic mass is 10.2. The molecule has 1 amide bonds. The van der Waals surface area contributed by atoms with Crippen molar-refractivity contribution < 1.29 is 14.3 Å². The average Bonchev–Trinajstić information content (AvgIpc) is 3.28. The summed E-state index contributed by atoms with van der Waals surface area (Å²) in [6.45, 7) is 11.2. The van der Waals surface area contributed by atoms with Crippen LogP contribution in [0.1, 0.15) is 43.8 Å². The number of aryl methyl sites for hydroxylation is 1. The van der Waals surface area contributed by atoms with Crippen LogP contribution in [0.15, 0.2) is 35.1 Å². The Bertz CT molecular complexity index is 1060. The molecule has 8 nitrogen and oxygen atoms in total. The maximum absolute atomic E-state index is 12.7. The van der Waals surface area contributed by atoms with Crippen LogP contribution < -0.4 is 14.8 Å². The number of carbonyl (C=O) groups excluding carboxylic acids is 1. The molecule has 2 heterocycles. The first-order valence-electron chi connectivity index (χ1n) is 10.3. The van der Waals surface area contributed by atoms with E-state index in [1.54, 1.807) is 21.8 Å². The van der Waals surface area contributed by atoms with Crippen molar-refractivity contribution in [2.45, 2.75) is 47.2 Å². The predicted molar refractivity (Wildman–Crippen MR) is 123 cm³/mol. The van der Waals surface area contributed by atoms with Gasteiger partial charge < -0.3 is 14.8 Å². The Kier molecular flexibility index (Phi) is 7.37. The van der Waals surface area contributed by atoms with Crippen molar-refractivity contribution in [2.75, 3.05) is 18.5 Å². The Morgan fingerprint density at radius 1 is 1.19 bits per heavy atom. The topological polar surface area (TPSA) is 83.2 Å². The zero-order chi connectivity index (χ0) is 22.5. The van der Waals surface area contributed by atoms with E-state index in [2.05, 4.69) is 31.4 Å². The number of rotatable bonds is 9. The second-order valence-corrected chi connectivity index (χ2v) is 7.96. The Morgan fingerprint density at radius 3 is 2.55 bits per heavy atom. The van der Waals surface area contributed by atoms with E-state index in [-0.39, 0.29) is 5.91 Å². The highest BCUT2D eigenvalue weighted by Gasteiger charge is 2.21. The van der Waals surface area contributed by atoms with Crippen LogP contribution in [0.2, 0.25) is 0 Å². The smallest absolute Gasteiger partial charge is 0.249 e. The lowest BCUT2D eigenvalue weighted by molar-refractivity contribution is -0.119. The molecule has 9 heteroatoms. The van der Waals surface area contributed by atoms with Gasteiger partial charge in [-0.1, -0.05) is 6.07 Å². The SMILES string of the molecule is CCOc1ccc(Cn2cc(NC(=O)C(C)n3nc(C)c(Br)c3C)cn2)cc1OCC. The first-order valence-corrected chi connectivity index (χ1v) is 11.1. The van der Waals surface area contributed by atoms with Crippen LogP contribution in [0, 0.1) is 13.8 Å². The first-order chi connectivity index (χ1) is 14.8. The molecule has 0 spiro atoms. The molecule has 1 atom stereocenters. The van der Waals surface area contributed by atoms with Gasteiger partial charge in [0.1, 0.15) is 6.04 Å². The van der Waals surface area contributed by atoms with Gasteiger partial charge in [0.2, 0.25) is 5.91 Å². The van der Waals surface area contributed by atoms with Crippen LogP contribution in [-0.4, -0.2) is 38.7 Å². The summed E-state index contributed by atoms with van der Waals surface area (Å²) in [4.78, 5) is 12.7. The number of hydrogen-bond acceptors (Lipinski definition) is 5. The van der Waals surface area contributed by atoms with Crippen molar-refractivity contribution in [1.29, 1.82) is 0 Å². The van der Waals surface area contributed by atoms with Gasteiger partial charge >= 0.3 is 0 Å². The van der Waals surface area contributed by atoms with Gasteiger partial charge in [0, 0.05) is 6.20 Å². The lowest BCUT2D eigenvalue weighted by Crippen LogP contribution is -2.25. The number of aromatic nitrogens is 4. The van der Waals surface area contributed by atoms with Crippen molar-refractivity contribution in [1.82, 2.24) is 19.6 Å². The van der Waals surface area contributed by atoms with Crippen molar-refractivity contribution in [3.05, 3.63) is 52.0 Å². The summed E-state index contributed by atoms with van der Waals surface area (Å²) >= 11 is 3.50. The molecule has 1 aromatic carbocycles.